The third-order valence-electron chi connectivity index (χ3n) is 5.34. The molecule has 2 aromatic rings. The zero-order chi connectivity index (χ0) is 18.3. The summed E-state index contributed by atoms with van der Waals surface area (Å²) in [5, 5.41) is 10.4. The molecule has 0 aromatic heterocycles. The molecule has 0 bridgehead atoms. The zero-order valence-electron chi connectivity index (χ0n) is 14.5. The highest BCUT2D eigenvalue weighted by Gasteiger charge is 2.55. The maximum absolute atomic E-state index is 13.1. The van der Waals surface area contributed by atoms with Gasteiger partial charge in [-0.3, -0.25) is 4.79 Å². The minimum atomic E-state index is -0.296. The Morgan fingerprint density at radius 3 is 2.62 bits per heavy atom. The van der Waals surface area contributed by atoms with E-state index >= 15 is 0 Å². The maximum Gasteiger partial charge on any atom is 0.242 e. The molecule has 4 atom stereocenters. The number of fused-ring (bicyclic) bond motifs is 1. The summed E-state index contributed by atoms with van der Waals surface area (Å²) in [5.41, 5.74) is 8.37. The molecule has 0 radical (unpaired) electrons. The second-order valence-electron chi connectivity index (χ2n) is 6.91. The van der Waals surface area contributed by atoms with Crippen molar-refractivity contribution in [3.05, 3.63) is 64.1 Å². The van der Waals surface area contributed by atoms with Gasteiger partial charge in [-0.1, -0.05) is 53.2 Å². The van der Waals surface area contributed by atoms with E-state index in [4.69, 9.17) is 0 Å². The van der Waals surface area contributed by atoms with E-state index in [0.29, 0.717) is 0 Å². The smallest absolute Gasteiger partial charge is 0.242 e. The van der Waals surface area contributed by atoms with Crippen LogP contribution in [0.2, 0.25) is 0 Å². The van der Waals surface area contributed by atoms with Gasteiger partial charge in [-0.05, 0) is 30.2 Å². The number of halogens is 1. The van der Waals surface area contributed by atoms with E-state index in [1.807, 2.05) is 35.2 Å². The summed E-state index contributed by atoms with van der Waals surface area (Å²) >= 11 is 3.55. The van der Waals surface area contributed by atoms with Crippen molar-refractivity contribution < 1.29 is 9.90 Å². The number of amides is 1. The molecule has 4 rings (SSSR count). The minimum absolute atomic E-state index is 0.00310. The lowest BCUT2D eigenvalue weighted by atomic mass is 9.83. The highest BCUT2D eigenvalue weighted by atomic mass is 79.9. The lowest BCUT2D eigenvalue weighted by Gasteiger charge is -2.31. The zero-order valence-corrected chi connectivity index (χ0v) is 16.1. The number of likely N-dealkylation sites (tertiary alicyclic amines) is 1. The van der Waals surface area contributed by atoms with Crippen LogP contribution in [0.1, 0.15) is 36.6 Å². The summed E-state index contributed by atoms with van der Waals surface area (Å²) in [6.07, 6.45) is 0.907. The first kappa shape index (κ1) is 17.5. The van der Waals surface area contributed by atoms with Gasteiger partial charge in [0.2, 0.25) is 5.91 Å². The fourth-order valence-electron chi connectivity index (χ4n) is 4.30. The Morgan fingerprint density at radius 1 is 1.12 bits per heavy atom. The number of para-hydroxylation sites is 1. The van der Waals surface area contributed by atoms with Crippen LogP contribution in [0, 0.1) is 5.92 Å². The van der Waals surface area contributed by atoms with Crippen molar-refractivity contribution in [1.82, 2.24) is 15.8 Å². The standard InChI is InChI=1S/C20H22BrN3O2/c1-2-10-24-19(12-6-5-7-13(21)11-12)16-17(22-23-18(16)20(24)26)14-8-3-4-9-15(14)25/h3-9,11,16-19,22-23,25H,2,10H2,1H3. The number of carbonyl (C=O) groups excluding carboxylic acids is 1. The molecule has 0 saturated carbocycles. The highest BCUT2D eigenvalue weighted by Crippen LogP contribution is 2.48. The predicted molar refractivity (Wildman–Crippen MR) is 103 cm³/mol. The lowest BCUT2D eigenvalue weighted by Crippen LogP contribution is -2.41. The summed E-state index contributed by atoms with van der Waals surface area (Å²) in [4.78, 5) is 15.0. The van der Waals surface area contributed by atoms with Crippen LogP contribution in [0.4, 0.5) is 0 Å². The van der Waals surface area contributed by atoms with Crippen LogP contribution in [0.15, 0.2) is 53.0 Å². The van der Waals surface area contributed by atoms with Gasteiger partial charge in [0.05, 0.1) is 12.1 Å². The molecule has 1 amide bonds. The number of phenolic OH excluding ortho intramolecular Hbond substituents is 1. The molecule has 2 heterocycles. The number of benzene rings is 2. The first-order valence-electron chi connectivity index (χ1n) is 8.96. The van der Waals surface area contributed by atoms with Gasteiger partial charge in [0, 0.05) is 22.5 Å². The van der Waals surface area contributed by atoms with E-state index in [1.165, 1.54) is 0 Å². The number of phenols is 1. The molecule has 0 aliphatic carbocycles. The van der Waals surface area contributed by atoms with Gasteiger partial charge in [0.1, 0.15) is 11.8 Å². The third kappa shape index (κ3) is 2.82. The molecular weight excluding hydrogens is 394 g/mol. The number of carbonyl (C=O) groups is 1. The normalized spacial score (nSPS) is 27.8. The van der Waals surface area contributed by atoms with E-state index in [9.17, 15) is 9.90 Å². The second kappa shape index (κ2) is 7.02. The molecule has 5 nitrogen and oxygen atoms in total. The Hall–Kier alpha value is -1.89. The molecule has 2 aromatic carbocycles. The number of rotatable bonds is 4. The first-order chi connectivity index (χ1) is 12.6. The molecule has 2 saturated heterocycles. The van der Waals surface area contributed by atoms with Gasteiger partial charge < -0.3 is 10.0 Å². The molecule has 2 aliphatic heterocycles. The summed E-state index contributed by atoms with van der Waals surface area (Å²) in [6.45, 7) is 2.81. The largest absolute Gasteiger partial charge is 0.508 e. The predicted octanol–water partition coefficient (Wildman–Crippen LogP) is 3.28. The Kier molecular flexibility index (Phi) is 4.73. The Labute approximate surface area is 161 Å². The van der Waals surface area contributed by atoms with Gasteiger partial charge in [0.15, 0.2) is 0 Å². The highest BCUT2D eigenvalue weighted by molar-refractivity contribution is 9.10. The van der Waals surface area contributed by atoms with Crippen LogP contribution in [-0.2, 0) is 4.79 Å². The summed E-state index contributed by atoms with van der Waals surface area (Å²) in [6, 6.07) is 15.0. The van der Waals surface area contributed by atoms with Crippen molar-refractivity contribution >= 4 is 21.8 Å². The Bertz CT molecular complexity index is 828. The van der Waals surface area contributed by atoms with E-state index < -0.39 is 0 Å². The summed E-state index contributed by atoms with van der Waals surface area (Å²) in [5.74, 6) is 0.366. The number of hydrazine groups is 1. The van der Waals surface area contributed by atoms with Crippen molar-refractivity contribution in [1.29, 1.82) is 0 Å². The van der Waals surface area contributed by atoms with E-state index in [2.05, 4.69) is 45.8 Å². The van der Waals surface area contributed by atoms with Crippen LogP contribution in [-0.4, -0.2) is 28.5 Å². The molecule has 26 heavy (non-hydrogen) atoms. The van der Waals surface area contributed by atoms with Crippen LogP contribution in [0.25, 0.3) is 0 Å². The van der Waals surface area contributed by atoms with Gasteiger partial charge >= 0.3 is 0 Å². The molecule has 6 heteroatoms. The average Bonchev–Trinajstić information content (AvgIpc) is 3.16. The molecule has 3 N–H and O–H groups in total. The van der Waals surface area contributed by atoms with Crippen molar-refractivity contribution in [2.45, 2.75) is 31.5 Å². The SMILES string of the molecule is CCCN1C(=O)C2NNC(c3ccccc3O)C2C1c1cccc(Br)c1. The number of hydrogen-bond acceptors (Lipinski definition) is 4. The Morgan fingerprint density at radius 2 is 1.88 bits per heavy atom. The average molecular weight is 416 g/mol. The van der Waals surface area contributed by atoms with Crippen LogP contribution in [0.3, 0.4) is 0 Å². The lowest BCUT2D eigenvalue weighted by molar-refractivity contribution is -0.130. The van der Waals surface area contributed by atoms with Gasteiger partial charge in [-0.2, -0.15) is 0 Å². The molecule has 136 valence electrons. The van der Waals surface area contributed by atoms with Crippen molar-refractivity contribution in [3.8, 4) is 5.75 Å². The molecule has 2 aliphatic rings. The van der Waals surface area contributed by atoms with Crippen LogP contribution < -0.4 is 10.9 Å². The number of hydrogen-bond donors (Lipinski definition) is 3. The van der Waals surface area contributed by atoms with Crippen molar-refractivity contribution in [2.75, 3.05) is 6.54 Å². The van der Waals surface area contributed by atoms with Crippen molar-refractivity contribution in [2.24, 2.45) is 5.92 Å². The summed E-state index contributed by atoms with van der Waals surface area (Å²) in [7, 11) is 0. The molecule has 0 spiro atoms. The quantitative estimate of drug-likeness (QED) is 0.716. The minimum Gasteiger partial charge on any atom is -0.508 e. The number of aromatic hydroxyl groups is 1. The van der Waals surface area contributed by atoms with Gasteiger partial charge in [0.25, 0.3) is 0 Å². The van der Waals surface area contributed by atoms with Gasteiger partial charge in [-0.15, -0.1) is 0 Å². The third-order valence-corrected chi connectivity index (χ3v) is 5.83. The van der Waals surface area contributed by atoms with Crippen LogP contribution in [0.5, 0.6) is 5.75 Å². The second-order valence-corrected chi connectivity index (χ2v) is 7.83. The monoisotopic (exact) mass is 415 g/mol. The Balaban J connectivity index is 1.79. The molecule has 2 fully saturated rings. The van der Waals surface area contributed by atoms with E-state index in [-0.39, 0.29) is 35.7 Å². The topological polar surface area (TPSA) is 64.6 Å². The molecule has 4 unspecified atom stereocenters. The fourth-order valence-corrected chi connectivity index (χ4v) is 4.71. The molecular formula is C20H22BrN3O2. The van der Waals surface area contributed by atoms with Crippen LogP contribution >= 0.6 is 15.9 Å². The maximum atomic E-state index is 13.1. The number of nitrogens with one attached hydrogen (secondary N) is 2. The fraction of sp³-hybridized carbons (Fsp3) is 0.350. The first-order valence-corrected chi connectivity index (χ1v) is 9.76. The van der Waals surface area contributed by atoms with Gasteiger partial charge in [-0.25, -0.2) is 10.9 Å². The van der Waals surface area contributed by atoms with E-state index in [0.717, 1.165) is 28.6 Å². The van der Waals surface area contributed by atoms with Crippen molar-refractivity contribution in [3.63, 3.8) is 0 Å². The van der Waals surface area contributed by atoms with E-state index in [1.54, 1.807) is 6.07 Å². The number of nitrogens with zero attached hydrogens (tertiary/aromatic N) is 1. The summed E-state index contributed by atoms with van der Waals surface area (Å²) < 4.78 is 1.00.